The highest BCUT2D eigenvalue weighted by molar-refractivity contribution is 5.92. The number of aromatic nitrogens is 3. The van der Waals surface area contributed by atoms with Gasteiger partial charge in [-0.2, -0.15) is 0 Å². The summed E-state index contributed by atoms with van der Waals surface area (Å²) in [7, 11) is 0. The van der Waals surface area contributed by atoms with Gasteiger partial charge < -0.3 is 14.5 Å². The Balaban J connectivity index is 1.21. The molecule has 2 aliphatic heterocycles. The average molecular weight is 387 g/mol. The lowest BCUT2D eigenvalue weighted by Crippen LogP contribution is -2.51. The number of ether oxygens (including phenoxy) is 1. The molecule has 8 nitrogen and oxygen atoms in total. The molecule has 4 fully saturated rings. The van der Waals surface area contributed by atoms with Crippen molar-refractivity contribution in [3.63, 3.8) is 0 Å². The fourth-order valence-electron chi connectivity index (χ4n) is 5.03. The molecule has 3 heterocycles. The Morgan fingerprint density at radius 1 is 1.04 bits per heavy atom. The van der Waals surface area contributed by atoms with Crippen LogP contribution in [-0.2, 0) is 9.53 Å². The summed E-state index contributed by atoms with van der Waals surface area (Å²) in [6.07, 6.45) is 9.33. The largest absolute Gasteiger partial charge is 0.378 e. The molecule has 2 saturated carbocycles. The van der Waals surface area contributed by atoms with Crippen molar-refractivity contribution in [2.45, 2.75) is 51.0 Å². The van der Waals surface area contributed by atoms with E-state index in [-0.39, 0.29) is 11.3 Å². The van der Waals surface area contributed by atoms with Gasteiger partial charge in [0.2, 0.25) is 5.91 Å². The molecule has 1 unspecified atom stereocenters. The summed E-state index contributed by atoms with van der Waals surface area (Å²) >= 11 is 0. The number of carbonyl (C=O) groups excluding carboxylic acids is 2. The van der Waals surface area contributed by atoms with E-state index in [2.05, 4.69) is 15.2 Å². The Morgan fingerprint density at radius 2 is 1.79 bits per heavy atom. The molecule has 1 atom stereocenters. The van der Waals surface area contributed by atoms with Crippen molar-refractivity contribution in [1.29, 1.82) is 0 Å². The van der Waals surface area contributed by atoms with Crippen LogP contribution in [0.4, 0.5) is 0 Å². The molecular weight excluding hydrogens is 358 g/mol. The van der Waals surface area contributed by atoms with Crippen molar-refractivity contribution in [3.8, 4) is 0 Å². The Morgan fingerprint density at radius 3 is 2.43 bits per heavy atom. The number of morpholine rings is 1. The van der Waals surface area contributed by atoms with Gasteiger partial charge in [0.05, 0.1) is 25.5 Å². The first-order valence-corrected chi connectivity index (χ1v) is 10.7. The topological polar surface area (TPSA) is 80.6 Å². The molecule has 8 heteroatoms. The number of rotatable bonds is 4. The Hall–Kier alpha value is -1.96. The lowest BCUT2D eigenvalue weighted by atomic mass is 9.59. The van der Waals surface area contributed by atoms with E-state index >= 15 is 0 Å². The van der Waals surface area contributed by atoms with E-state index in [1.54, 1.807) is 4.90 Å². The Kier molecular flexibility index (Phi) is 4.61. The number of piperidine rings is 1. The smallest absolute Gasteiger partial charge is 0.276 e. The molecule has 28 heavy (non-hydrogen) atoms. The van der Waals surface area contributed by atoms with E-state index in [1.807, 2.05) is 10.9 Å². The van der Waals surface area contributed by atoms with Gasteiger partial charge in [-0.1, -0.05) is 5.21 Å². The molecule has 0 N–H and O–H groups in total. The van der Waals surface area contributed by atoms with Crippen molar-refractivity contribution < 1.29 is 14.3 Å². The van der Waals surface area contributed by atoms with Crippen molar-refractivity contribution in [2.75, 3.05) is 39.4 Å². The van der Waals surface area contributed by atoms with Crippen molar-refractivity contribution in [3.05, 3.63) is 11.9 Å². The van der Waals surface area contributed by atoms with Crippen LogP contribution < -0.4 is 0 Å². The van der Waals surface area contributed by atoms with Gasteiger partial charge in [0.25, 0.3) is 5.91 Å². The first-order chi connectivity index (χ1) is 13.6. The zero-order valence-electron chi connectivity index (χ0n) is 16.4. The predicted octanol–water partition coefficient (Wildman–Crippen LogP) is 1.49. The van der Waals surface area contributed by atoms with Gasteiger partial charge in [0.15, 0.2) is 5.69 Å². The summed E-state index contributed by atoms with van der Waals surface area (Å²) in [4.78, 5) is 28.9. The lowest BCUT2D eigenvalue weighted by molar-refractivity contribution is -0.136. The normalized spacial score (nSPS) is 26.9. The second-order valence-electron chi connectivity index (χ2n) is 8.93. The predicted molar refractivity (Wildman–Crippen MR) is 101 cm³/mol. The Bertz CT molecular complexity index is 745. The second-order valence-corrected chi connectivity index (χ2v) is 8.93. The SMILES string of the molecule is O=C(CC1CC1)N1CCC2(CCC2n2cc(C(=O)N3CCOCC3)nn2)CC1. The molecule has 0 bridgehead atoms. The standard InChI is InChI=1S/C20H29N5O3/c26-18(13-15-1-2-15)23-7-5-20(6-8-23)4-3-17(20)25-14-16(21-22-25)19(27)24-9-11-28-12-10-24/h14-15,17H,1-13H2. The van der Waals surface area contributed by atoms with E-state index in [0.29, 0.717) is 49.9 Å². The van der Waals surface area contributed by atoms with Crippen LogP contribution in [-0.4, -0.2) is 76.0 Å². The quantitative estimate of drug-likeness (QED) is 0.782. The lowest BCUT2D eigenvalue weighted by Gasteiger charge is -2.53. The van der Waals surface area contributed by atoms with Crippen LogP contribution in [0.1, 0.15) is 61.5 Å². The van der Waals surface area contributed by atoms with Gasteiger partial charge in [0.1, 0.15) is 0 Å². The number of amides is 2. The number of hydrogen-bond donors (Lipinski definition) is 0. The summed E-state index contributed by atoms with van der Waals surface area (Å²) in [6, 6.07) is 0.298. The first-order valence-electron chi connectivity index (χ1n) is 10.7. The molecule has 1 aromatic rings. The fourth-order valence-corrected chi connectivity index (χ4v) is 5.03. The molecule has 152 valence electrons. The third-order valence-electron chi connectivity index (χ3n) is 7.24. The van der Waals surface area contributed by atoms with Crippen LogP contribution in [0.25, 0.3) is 0 Å². The maximum Gasteiger partial charge on any atom is 0.276 e. The number of hydrogen-bond acceptors (Lipinski definition) is 5. The monoisotopic (exact) mass is 387 g/mol. The minimum absolute atomic E-state index is 0.0524. The highest BCUT2D eigenvalue weighted by Gasteiger charge is 2.50. The van der Waals surface area contributed by atoms with Crippen LogP contribution in [0.15, 0.2) is 6.20 Å². The maximum absolute atomic E-state index is 12.6. The van der Waals surface area contributed by atoms with E-state index in [9.17, 15) is 9.59 Å². The van der Waals surface area contributed by atoms with Crippen LogP contribution in [0, 0.1) is 11.3 Å². The zero-order chi connectivity index (χ0) is 19.1. The van der Waals surface area contributed by atoms with Gasteiger partial charge in [-0.25, -0.2) is 4.68 Å². The fraction of sp³-hybridized carbons (Fsp3) is 0.800. The van der Waals surface area contributed by atoms with E-state index in [4.69, 9.17) is 4.74 Å². The third-order valence-corrected chi connectivity index (χ3v) is 7.24. The van der Waals surface area contributed by atoms with E-state index < -0.39 is 0 Å². The average Bonchev–Trinajstić information content (AvgIpc) is 3.41. The van der Waals surface area contributed by atoms with Gasteiger partial charge in [-0.05, 0) is 49.9 Å². The van der Waals surface area contributed by atoms with Gasteiger partial charge >= 0.3 is 0 Å². The maximum atomic E-state index is 12.6. The minimum Gasteiger partial charge on any atom is -0.378 e. The highest BCUT2D eigenvalue weighted by Crippen LogP contribution is 2.56. The van der Waals surface area contributed by atoms with Crippen LogP contribution in [0.3, 0.4) is 0 Å². The summed E-state index contributed by atoms with van der Waals surface area (Å²) in [5.74, 6) is 0.938. The molecule has 1 aromatic heterocycles. The number of carbonyl (C=O) groups is 2. The summed E-state index contributed by atoms with van der Waals surface area (Å²) in [6.45, 7) is 4.11. The van der Waals surface area contributed by atoms with E-state index in [0.717, 1.165) is 38.8 Å². The molecule has 4 aliphatic rings. The van der Waals surface area contributed by atoms with Crippen molar-refractivity contribution >= 4 is 11.8 Å². The molecule has 2 aliphatic carbocycles. The van der Waals surface area contributed by atoms with E-state index in [1.165, 1.54) is 19.3 Å². The zero-order valence-corrected chi connectivity index (χ0v) is 16.4. The molecule has 5 rings (SSSR count). The van der Waals surface area contributed by atoms with Gasteiger partial charge in [-0.3, -0.25) is 9.59 Å². The molecule has 0 radical (unpaired) electrons. The summed E-state index contributed by atoms with van der Waals surface area (Å²) < 4.78 is 7.23. The molecule has 2 amide bonds. The van der Waals surface area contributed by atoms with Crippen LogP contribution in [0.5, 0.6) is 0 Å². The first kappa shape index (κ1) is 18.1. The Labute approximate surface area is 165 Å². The van der Waals surface area contributed by atoms with Gasteiger partial charge in [-0.15, -0.1) is 5.10 Å². The minimum atomic E-state index is -0.0524. The van der Waals surface area contributed by atoms with Gasteiger partial charge in [0, 0.05) is 32.6 Å². The molecular formula is C20H29N5O3. The third kappa shape index (κ3) is 3.32. The van der Waals surface area contributed by atoms with Crippen LogP contribution in [0.2, 0.25) is 0 Å². The summed E-state index contributed by atoms with van der Waals surface area (Å²) in [5.41, 5.74) is 0.643. The molecule has 2 saturated heterocycles. The van der Waals surface area contributed by atoms with Crippen LogP contribution >= 0.6 is 0 Å². The summed E-state index contributed by atoms with van der Waals surface area (Å²) in [5, 5.41) is 8.48. The molecule has 1 spiro atoms. The number of likely N-dealkylation sites (tertiary alicyclic amines) is 1. The van der Waals surface area contributed by atoms with Crippen molar-refractivity contribution in [2.24, 2.45) is 11.3 Å². The number of nitrogens with zero attached hydrogens (tertiary/aromatic N) is 5. The van der Waals surface area contributed by atoms with Crippen molar-refractivity contribution in [1.82, 2.24) is 24.8 Å². The highest BCUT2D eigenvalue weighted by atomic mass is 16.5. The molecule has 0 aromatic carbocycles. The second kappa shape index (κ2) is 7.13.